The lowest BCUT2D eigenvalue weighted by atomic mass is 10.0. The first-order valence-electron chi connectivity index (χ1n) is 6.14. The summed E-state index contributed by atoms with van der Waals surface area (Å²) in [5.41, 5.74) is 2.83. The highest BCUT2D eigenvalue weighted by Gasteiger charge is 2.15. The minimum Gasteiger partial charge on any atom is -0.351 e. The van der Waals surface area contributed by atoms with E-state index in [0.717, 1.165) is 31.7 Å². The molecular weight excluding hydrogens is 246 g/mol. The average molecular weight is 260 g/mol. The van der Waals surface area contributed by atoms with Gasteiger partial charge in [-0.05, 0) is 36.1 Å². The molecule has 1 aliphatic heterocycles. The van der Waals surface area contributed by atoms with Crippen LogP contribution in [0.5, 0.6) is 0 Å². The fraction of sp³-hybridized carbons (Fsp3) is 0.286. The van der Waals surface area contributed by atoms with Crippen LogP contribution in [0.3, 0.4) is 0 Å². The maximum atomic E-state index is 5.77. The number of anilines is 1. The van der Waals surface area contributed by atoms with Crippen LogP contribution in [0.1, 0.15) is 17.5 Å². The van der Waals surface area contributed by atoms with Crippen LogP contribution in [0.25, 0.3) is 0 Å². The highest BCUT2D eigenvalue weighted by molar-refractivity contribution is 6.29. The summed E-state index contributed by atoms with van der Waals surface area (Å²) in [4.78, 5) is 2.26. The minimum atomic E-state index is 0.439. The number of hydrogen-bond donors (Lipinski definition) is 0. The standard InChI is InChI=1S/C14H14ClN3/c15-13-7-8-14(17-16-13)18-9-3-6-11-4-1-2-5-12(11)10-18/h1-2,4-5,7-8H,3,6,9-10H2. The van der Waals surface area contributed by atoms with Gasteiger partial charge in [0.1, 0.15) is 0 Å². The summed E-state index contributed by atoms with van der Waals surface area (Å²) < 4.78 is 0. The molecule has 0 atom stereocenters. The van der Waals surface area contributed by atoms with Crippen molar-refractivity contribution >= 4 is 17.4 Å². The number of benzene rings is 1. The first kappa shape index (κ1) is 11.5. The number of nitrogens with zero attached hydrogens (tertiary/aromatic N) is 3. The van der Waals surface area contributed by atoms with Crippen molar-refractivity contribution in [3.8, 4) is 0 Å². The van der Waals surface area contributed by atoms with Crippen molar-refractivity contribution in [1.82, 2.24) is 10.2 Å². The molecule has 0 amide bonds. The number of aromatic nitrogens is 2. The van der Waals surface area contributed by atoms with Gasteiger partial charge < -0.3 is 4.90 Å². The van der Waals surface area contributed by atoms with Crippen LogP contribution in [0.2, 0.25) is 5.15 Å². The molecule has 0 unspecified atom stereocenters. The summed E-state index contributed by atoms with van der Waals surface area (Å²) in [5, 5.41) is 8.51. The van der Waals surface area contributed by atoms with Crippen LogP contribution in [0, 0.1) is 0 Å². The van der Waals surface area contributed by atoms with Crippen molar-refractivity contribution in [2.75, 3.05) is 11.4 Å². The molecule has 3 rings (SSSR count). The van der Waals surface area contributed by atoms with Crippen LogP contribution >= 0.6 is 11.6 Å². The Bertz CT molecular complexity index is 539. The smallest absolute Gasteiger partial charge is 0.151 e. The van der Waals surface area contributed by atoms with Crippen LogP contribution in [0.4, 0.5) is 5.82 Å². The van der Waals surface area contributed by atoms with E-state index in [1.807, 2.05) is 6.07 Å². The maximum absolute atomic E-state index is 5.77. The Balaban J connectivity index is 1.89. The normalized spacial score (nSPS) is 15.1. The lowest BCUT2D eigenvalue weighted by Gasteiger charge is -2.21. The van der Waals surface area contributed by atoms with Crippen molar-refractivity contribution in [1.29, 1.82) is 0 Å². The Morgan fingerprint density at radius 1 is 1.00 bits per heavy atom. The number of aryl methyl sites for hydroxylation is 1. The third-order valence-corrected chi connectivity index (χ3v) is 3.50. The Labute approximate surface area is 111 Å². The molecule has 0 saturated carbocycles. The van der Waals surface area contributed by atoms with Gasteiger partial charge in [0.25, 0.3) is 0 Å². The Morgan fingerprint density at radius 3 is 2.61 bits per heavy atom. The van der Waals surface area contributed by atoms with Gasteiger partial charge in [-0.3, -0.25) is 0 Å². The molecule has 2 heterocycles. The fourth-order valence-electron chi connectivity index (χ4n) is 2.37. The van der Waals surface area contributed by atoms with Crippen molar-refractivity contribution in [3.05, 3.63) is 52.7 Å². The number of fused-ring (bicyclic) bond motifs is 1. The molecule has 2 aromatic rings. The molecule has 0 radical (unpaired) electrons. The highest BCUT2D eigenvalue weighted by Crippen LogP contribution is 2.22. The molecular formula is C14H14ClN3. The van der Waals surface area contributed by atoms with Gasteiger partial charge in [-0.15, -0.1) is 10.2 Å². The molecule has 1 aliphatic rings. The average Bonchev–Trinajstić information content (AvgIpc) is 2.61. The first-order chi connectivity index (χ1) is 8.83. The summed E-state index contributed by atoms with van der Waals surface area (Å²) in [7, 11) is 0. The monoisotopic (exact) mass is 259 g/mol. The van der Waals surface area contributed by atoms with E-state index >= 15 is 0 Å². The molecule has 0 N–H and O–H groups in total. The van der Waals surface area contributed by atoms with Crippen LogP contribution < -0.4 is 4.90 Å². The van der Waals surface area contributed by atoms with Gasteiger partial charge in [0, 0.05) is 13.1 Å². The van der Waals surface area contributed by atoms with Gasteiger partial charge in [-0.25, -0.2) is 0 Å². The molecule has 3 nitrogen and oxygen atoms in total. The summed E-state index contributed by atoms with van der Waals surface area (Å²) in [6.45, 7) is 1.90. The van der Waals surface area contributed by atoms with Gasteiger partial charge >= 0.3 is 0 Å². The predicted molar refractivity (Wildman–Crippen MR) is 72.9 cm³/mol. The van der Waals surface area contributed by atoms with Gasteiger partial charge in [0.15, 0.2) is 11.0 Å². The summed E-state index contributed by atoms with van der Waals surface area (Å²) >= 11 is 5.77. The molecule has 92 valence electrons. The van der Waals surface area contributed by atoms with E-state index in [9.17, 15) is 0 Å². The minimum absolute atomic E-state index is 0.439. The molecule has 4 heteroatoms. The molecule has 0 aliphatic carbocycles. The van der Waals surface area contributed by atoms with E-state index in [4.69, 9.17) is 11.6 Å². The summed E-state index contributed by atoms with van der Waals surface area (Å²) in [5.74, 6) is 0.899. The summed E-state index contributed by atoms with van der Waals surface area (Å²) in [6.07, 6.45) is 2.27. The van der Waals surface area contributed by atoms with Crippen molar-refractivity contribution in [2.45, 2.75) is 19.4 Å². The third kappa shape index (κ3) is 2.31. The maximum Gasteiger partial charge on any atom is 0.151 e. The zero-order chi connectivity index (χ0) is 12.4. The zero-order valence-corrected chi connectivity index (χ0v) is 10.8. The van der Waals surface area contributed by atoms with Gasteiger partial charge in [0.05, 0.1) is 0 Å². The zero-order valence-electron chi connectivity index (χ0n) is 10.0. The number of hydrogen-bond acceptors (Lipinski definition) is 3. The van der Waals surface area contributed by atoms with Gasteiger partial charge in [0.2, 0.25) is 0 Å². The Hall–Kier alpha value is -1.61. The van der Waals surface area contributed by atoms with Crippen molar-refractivity contribution < 1.29 is 0 Å². The predicted octanol–water partition coefficient (Wildman–Crippen LogP) is 3.08. The van der Waals surface area contributed by atoms with E-state index in [2.05, 4.69) is 39.4 Å². The quantitative estimate of drug-likeness (QED) is 0.788. The van der Waals surface area contributed by atoms with E-state index < -0.39 is 0 Å². The lowest BCUT2D eigenvalue weighted by Crippen LogP contribution is -2.23. The second-order valence-corrected chi connectivity index (χ2v) is 4.90. The molecule has 1 aromatic heterocycles. The van der Waals surface area contributed by atoms with E-state index in [1.54, 1.807) is 6.07 Å². The molecule has 0 bridgehead atoms. The topological polar surface area (TPSA) is 29.0 Å². The van der Waals surface area contributed by atoms with E-state index in [0.29, 0.717) is 5.15 Å². The number of rotatable bonds is 1. The SMILES string of the molecule is Clc1ccc(N2CCCc3ccccc3C2)nn1. The molecule has 1 aromatic carbocycles. The molecule has 0 fully saturated rings. The first-order valence-corrected chi connectivity index (χ1v) is 6.52. The van der Waals surface area contributed by atoms with Crippen LogP contribution in [-0.4, -0.2) is 16.7 Å². The second kappa shape index (κ2) is 4.94. The second-order valence-electron chi connectivity index (χ2n) is 4.51. The van der Waals surface area contributed by atoms with Crippen LogP contribution in [-0.2, 0) is 13.0 Å². The Morgan fingerprint density at radius 2 is 1.83 bits per heavy atom. The number of halogens is 1. The Kier molecular flexibility index (Phi) is 3.15. The fourth-order valence-corrected chi connectivity index (χ4v) is 2.47. The summed E-state index contributed by atoms with van der Waals surface area (Å²) in [6, 6.07) is 12.3. The van der Waals surface area contributed by atoms with Crippen molar-refractivity contribution in [2.24, 2.45) is 0 Å². The van der Waals surface area contributed by atoms with Crippen molar-refractivity contribution in [3.63, 3.8) is 0 Å². The largest absolute Gasteiger partial charge is 0.351 e. The third-order valence-electron chi connectivity index (χ3n) is 3.30. The van der Waals surface area contributed by atoms with E-state index in [1.165, 1.54) is 11.1 Å². The molecule has 0 spiro atoms. The van der Waals surface area contributed by atoms with Crippen LogP contribution in [0.15, 0.2) is 36.4 Å². The van der Waals surface area contributed by atoms with E-state index in [-0.39, 0.29) is 0 Å². The molecule has 0 saturated heterocycles. The highest BCUT2D eigenvalue weighted by atomic mass is 35.5. The molecule has 18 heavy (non-hydrogen) atoms. The van der Waals surface area contributed by atoms with Gasteiger partial charge in [-0.1, -0.05) is 35.9 Å². The van der Waals surface area contributed by atoms with Gasteiger partial charge in [-0.2, -0.15) is 0 Å². The lowest BCUT2D eigenvalue weighted by molar-refractivity contribution is 0.745.